The minimum atomic E-state index is -4.72. The zero-order chi connectivity index (χ0) is 24.2. The molecule has 176 valence electrons. The lowest BCUT2D eigenvalue weighted by Gasteiger charge is -2.26. The minimum Gasteiger partial charge on any atom is -0.406 e. The van der Waals surface area contributed by atoms with Gasteiger partial charge in [-0.15, -0.1) is 13.2 Å². The number of fused-ring (bicyclic) bond motifs is 2. The summed E-state index contributed by atoms with van der Waals surface area (Å²) in [6, 6.07) is 11.2. The molecule has 0 saturated carbocycles. The van der Waals surface area contributed by atoms with Crippen LogP contribution < -0.4 is 20.1 Å². The van der Waals surface area contributed by atoms with Gasteiger partial charge < -0.3 is 19.1 Å². The van der Waals surface area contributed by atoms with E-state index in [9.17, 15) is 23.2 Å². The van der Waals surface area contributed by atoms with Crippen molar-refractivity contribution in [3.8, 4) is 11.8 Å². The van der Waals surface area contributed by atoms with Gasteiger partial charge in [0.05, 0.1) is 11.2 Å². The summed E-state index contributed by atoms with van der Waals surface area (Å²) in [5.74, 6) is 0.265. The summed E-state index contributed by atoms with van der Waals surface area (Å²) < 4.78 is 42.6. The lowest BCUT2D eigenvalue weighted by Crippen LogP contribution is -2.32. The Labute approximate surface area is 197 Å². The van der Waals surface area contributed by atoms with Gasteiger partial charge in [-0.25, -0.2) is 4.98 Å². The molecule has 2 aliphatic heterocycles. The van der Waals surface area contributed by atoms with Crippen molar-refractivity contribution in [2.24, 2.45) is 18.9 Å². The number of benzene rings is 1. The first-order valence-corrected chi connectivity index (χ1v) is 11.0. The van der Waals surface area contributed by atoms with E-state index < -0.39 is 6.36 Å². The quantitative estimate of drug-likeness (QED) is 0.519. The van der Waals surface area contributed by atoms with Crippen molar-refractivity contribution in [1.82, 2.24) is 9.55 Å². The first-order chi connectivity index (χ1) is 16.1. The van der Waals surface area contributed by atoms with E-state index >= 15 is 0 Å². The Bertz CT molecular complexity index is 1350. The summed E-state index contributed by atoms with van der Waals surface area (Å²) >= 11 is 6.14. The second kappa shape index (κ2) is 8.09. The molecular weight excluding hydrogens is 471 g/mol. The van der Waals surface area contributed by atoms with Gasteiger partial charge in [-0.2, -0.15) is 5.26 Å². The third-order valence-electron chi connectivity index (χ3n) is 6.53. The predicted molar refractivity (Wildman–Crippen MR) is 121 cm³/mol. The molecule has 7 nitrogen and oxygen atoms in total. The molecule has 2 saturated heterocycles. The highest BCUT2D eigenvalue weighted by molar-refractivity contribution is 6.29. The fourth-order valence-corrected chi connectivity index (χ4v) is 5.17. The second-order valence-electron chi connectivity index (χ2n) is 8.57. The number of alkyl halides is 3. The molecule has 0 spiro atoms. The van der Waals surface area contributed by atoms with Crippen LogP contribution in [-0.2, 0) is 7.05 Å². The molecule has 3 aromatic rings. The molecular formula is C23H19ClF3N5O2. The summed E-state index contributed by atoms with van der Waals surface area (Å²) in [7, 11) is 1.60. The van der Waals surface area contributed by atoms with Crippen LogP contribution in [0.5, 0.6) is 5.75 Å². The number of ether oxygens (including phenoxy) is 1. The number of halogens is 4. The number of nitriles is 1. The smallest absolute Gasteiger partial charge is 0.406 e. The first-order valence-electron chi connectivity index (χ1n) is 10.6. The fourth-order valence-electron chi connectivity index (χ4n) is 5.02. The highest BCUT2D eigenvalue weighted by Crippen LogP contribution is 2.39. The number of rotatable bonds is 3. The second-order valence-corrected chi connectivity index (χ2v) is 8.96. The third-order valence-corrected chi connectivity index (χ3v) is 6.74. The fraction of sp³-hybridized carbons (Fsp3) is 0.348. The van der Waals surface area contributed by atoms with Crippen molar-refractivity contribution in [2.75, 3.05) is 36.0 Å². The number of anilines is 2. The van der Waals surface area contributed by atoms with Gasteiger partial charge in [0.2, 0.25) is 0 Å². The molecule has 2 unspecified atom stereocenters. The largest absolute Gasteiger partial charge is 0.573 e. The molecule has 5 rings (SSSR count). The van der Waals surface area contributed by atoms with Crippen molar-refractivity contribution in [1.29, 1.82) is 5.26 Å². The maximum atomic E-state index is 12.8. The molecule has 0 amide bonds. The zero-order valence-electron chi connectivity index (χ0n) is 18.0. The Morgan fingerprint density at radius 1 is 1.06 bits per heavy atom. The number of nitrogens with zero attached hydrogens (tertiary/aromatic N) is 5. The van der Waals surface area contributed by atoms with Crippen LogP contribution in [-0.4, -0.2) is 42.1 Å². The standard InChI is InChI=1S/C23H19ClF3N5O2/c1-30-18-6-7-19(24)29-20(18)21(17(8-28)22(30)33)32-11-13-9-31(10-14(13)12-32)15-2-4-16(5-3-15)34-23(25,26)27/h2-7,13-14H,9-12H2,1H3. The molecule has 2 aliphatic rings. The predicted octanol–water partition coefficient (Wildman–Crippen LogP) is 3.93. The van der Waals surface area contributed by atoms with E-state index in [-0.39, 0.29) is 33.9 Å². The molecule has 2 aromatic heterocycles. The van der Waals surface area contributed by atoms with Gasteiger partial charge in [0.25, 0.3) is 5.56 Å². The number of hydrogen-bond donors (Lipinski definition) is 0. The molecule has 0 radical (unpaired) electrons. The average molecular weight is 490 g/mol. The van der Waals surface area contributed by atoms with Gasteiger partial charge in [0.15, 0.2) is 0 Å². The molecule has 4 heterocycles. The van der Waals surface area contributed by atoms with Crippen molar-refractivity contribution in [3.05, 3.63) is 57.5 Å². The zero-order valence-corrected chi connectivity index (χ0v) is 18.8. The van der Waals surface area contributed by atoms with E-state index in [2.05, 4.69) is 20.7 Å². The molecule has 1 aromatic carbocycles. The normalized spacial score (nSPS) is 20.0. The topological polar surface area (TPSA) is 74.4 Å². The maximum absolute atomic E-state index is 12.8. The van der Waals surface area contributed by atoms with E-state index in [1.807, 2.05) is 4.90 Å². The van der Waals surface area contributed by atoms with Gasteiger partial charge in [0, 0.05) is 50.7 Å². The van der Waals surface area contributed by atoms with Crippen LogP contribution in [0.15, 0.2) is 41.2 Å². The Balaban J connectivity index is 1.39. The molecule has 11 heteroatoms. The Morgan fingerprint density at radius 2 is 1.68 bits per heavy atom. The summed E-state index contributed by atoms with van der Waals surface area (Å²) in [6.07, 6.45) is -4.72. The van der Waals surface area contributed by atoms with Crippen LogP contribution >= 0.6 is 11.6 Å². The van der Waals surface area contributed by atoms with Crippen LogP contribution in [0, 0.1) is 23.2 Å². The van der Waals surface area contributed by atoms with E-state index in [1.165, 1.54) is 16.7 Å². The highest BCUT2D eigenvalue weighted by atomic mass is 35.5. The van der Waals surface area contributed by atoms with E-state index in [0.717, 1.165) is 5.69 Å². The summed E-state index contributed by atoms with van der Waals surface area (Å²) in [5, 5.41) is 10.0. The van der Waals surface area contributed by atoms with Crippen LogP contribution in [0.3, 0.4) is 0 Å². The monoisotopic (exact) mass is 489 g/mol. The average Bonchev–Trinajstić information content (AvgIpc) is 3.34. The summed E-state index contributed by atoms with van der Waals surface area (Å²) in [4.78, 5) is 21.4. The Morgan fingerprint density at radius 3 is 2.26 bits per heavy atom. The number of hydrogen-bond acceptors (Lipinski definition) is 6. The Kier molecular flexibility index (Phi) is 5.32. The van der Waals surface area contributed by atoms with Crippen LogP contribution in [0.2, 0.25) is 5.15 Å². The van der Waals surface area contributed by atoms with E-state index in [4.69, 9.17) is 11.6 Å². The third kappa shape index (κ3) is 3.90. The highest BCUT2D eigenvalue weighted by Gasteiger charge is 2.42. The van der Waals surface area contributed by atoms with E-state index in [1.54, 1.807) is 31.3 Å². The van der Waals surface area contributed by atoms with Crippen LogP contribution in [0.4, 0.5) is 24.5 Å². The van der Waals surface area contributed by atoms with Crippen molar-refractivity contribution in [3.63, 3.8) is 0 Å². The summed E-state index contributed by atoms with van der Waals surface area (Å²) in [5.41, 5.74) is 2.11. The van der Waals surface area contributed by atoms with Gasteiger partial charge in [-0.05, 0) is 36.4 Å². The molecule has 2 fully saturated rings. The van der Waals surface area contributed by atoms with Crippen molar-refractivity contribution in [2.45, 2.75) is 6.36 Å². The molecule has 0 aliphatic carbocycles. The molecule has 2 atom stereocenters. The maximum Gasteiger partial charge on any atom is 0.573 e. The lowest BCUT2D eigenvalue weighted by atomic mass is 10.0. The molecule has 0 bridgehead atoms. The number of pyridine rings is 2. The Hall–Kier alpha value is -3.45. The van der Waals surface area contributed by atoms with E-state index in [0.29, 0.717) is 42.9 Å². The number of aromatic nitrogens is 2. The van der Waals surface area contributed by atoms with Gasteiger partial charge in [-0.1, -0.05) is 11.6 Å². The summed E-state index contributed by atoms with van der Waals surface area (Å²) in [6.45, 7) is 2.67. The lowest BCUT2D eigenvalue weighted by molar-refractivity contribution is -0.274. The van der Waals surface area contributed by atoms with Crippen molar-refractivity contribution >= 4 is 34.0 Å². The van der Waals surface area contributed by atoms with Gasteiger partial charge in [-0.3, -0.25) is 4.79 Å². The molecule has 34 heavy (non-hydrogen) atoms. The molecule has 0 N–H and O–H groups in total. The SMILES string of the molecule is Cn1c(=O)c(C#N)c(N2CC3CN(c4ccc(OC(F)(F)F)cc4)CC3C2)c2nc(Cl)ccc21. The van der Waals surface area contributed by atoms with Gasteiger partial charge >= 0.3 is 6.36 Å². The number of aryl methyl sites for hydroxylation is 1. The van der Waals surface area contributed by atoms with Gasteiger partial charge in [0.1, 0.15) is 28.1 Å². The minimum absolute atomic E-state index is 0.0434. The first kappa shape index (κ1) is 22.3. The van der Waals surface area contributed by atoms with Crippen LogP contribution in [0.1, 0.15) is 5.56 Å². The van der Waals surface area contributed by atoms with Crippen molar-refractivity contribution < 1.29 is 17.9 Å². The van der Waals surface area contributed by atoms with Crippen LogP contribution in [0.25, 0.3) is 11.0 Å².